The topological polar surface area (TPSA) is 66.9 Å². The first-order valence-corrected chi connectivity index (χ1v) is 6.51. The van der Waals surface area contributed by atoms with Crippen molar-refractivity contribution in [3.63, 3.8) is 0 Å². The van der Waals surface area contributed by atoms with Gasteiger partial charge < -0.3 is 9.64 Å². The van der Waals surface area contributed by atoms with Crippen LogP contribution < -0.4 is 9.64 Å². The Morgan fingerprint density at radius 2 is 2.37 bits per heavy atom. The van der Waals surface area contributed by atoms with E-state index in [-0.39, 0.29) is 0 Å². The average Bonchev–Trinajstić information content (AvgIpc) is 3.01. The van der Waals surface area contributed by atoms with Gasteiger partial charge in [-0.05, 0) is 19.3 Å². The third kappa shape index (κ3) is 2.38. The van der Waals surface area contributed by atoms with Crippen LogP contribution >= 0.6 is 0 Å². The highest BCUT2D eigenvalue weighted by Gasteiger charge is 2.26. The third-order valence-corrected chi connectivity index (χ3v) is 3.49. The first-order chi connectivity index (χ1) is 9.38. The summed E-state index contributed by atoms with van der Waals surface area (Å²) in [6.45, 7) is 0.961. The van der Waals surface area contributed by atoms with Crippen molar-refractivity contribution >= 4 is 5.95 Å². The number of anilines is 1. The van der Waals surface area contributed by atoms with Crippen LogP contribution in [0.5, 0.6) is 5.88 Å². The summed E-state index contributed by atoms with van der Waals surface area (Å²) in [4.78, 5) is 11.0. The molecule has 3 heterocycles. The summed E-state index contributed by atoms with van der Waals surface area (Å²) >= 11 is 0. The summed E-state index contributed by atoms with van der Waals surface area (Å²) in [6, 6.07) is 2.06. The smallest absolute Gasteiger partial charge is 0.229 e. The number of aromatic nitrogens is 4. The highest BCUT2D eigenvalue weighted by atomic mass is 16.5. The van der Waals surface area contributed by atoms with Crippen LogP contribution in [-0.2, 0) is 0 Å². The summed E-state index contributed by atoms with van der Waals surface area (Å²) in [5.41, 5.74) is 1.19. The first-order valence-electron chi connectivity index (χ1n) is 6.51. The molecule has 1 saturated heterocycles. The summed E-state index contributed by atoms with van der Waals surface area (Å²) in [5.74, 6) is 1.33. The van der Waals surface area contributed by atoms with Crippen molar-refractivity contribution in [2.45, 2.75) is 25.3 Å². The molecule has 100 valence electrons. The molecular formula is C13H17N5O. The van der Waals surface area contributed by atoms with Gasteiger partial charge in [-0.3, -0.25) is 5.10 Å². The van der Waals surface area contributed by atoms with Gasteiger partial charge in [-0.2, -0.15) is 10.1 Å². The zero-order chi connectivity index (χ0) is 13.1. The predicted molar refractivity (Wildman–Crippen MR) is 71.1 cm³/mol. The molecule has 6 heteroatoms. The number of ether oxygens (including phenoxy) is 1. The van der Waals surface area contributed by atoms with Crippen LogP contribution in [0.25, 0.3) is 0 Å². The van der Waals surface area contributed by atoms with E-state index in [1.807, 2.05) is 12.4 Å². The maximum absolute atomic E-state index is 5.18. The van der Waals surface area contributed by atoms with Gasteiger partial charge in [0.05, 0.1) is 19.3 Å². The lowest BCUT2D eigenvalue weighted by atomic mass is 9.98. The van der Waals surface area contributed by atoms with Crippen LogP contribution in [0.1, 0.15) is 30.9 Å². The largest absolute Gasteiger partial charge is 0.481 e. The van der Waals surface area contributed by atoms with Crippen LogP contribution in [-0.4, -0.2) is 33.8 Å². The normalized spacial score (nSPS) is 19.4. The van der Waals surface area contributed by atoms with Crippen LogP contribution in [0.4, 0.5) is 5.95 Å². The van der Waals surface area contributed by atoms with Crippen LogP contribution in [0.15, 0.2) is 24.7 Å². The van der Waals surface area contributed by atoms with Gasteiger partial charge in [0.2, 0.25) is 11.8 Å². The van der Waals surface area contributed by atoms with E-state index < -0.39 is 0 Å². The van der Waals surface area contributed by atoms with Crippen molar-refractivity contribution in [2.24, 2.45) is 0 Å². The van der Waals surface area contributed by atoms with E-state index in [0.29, 0.717) is 11.9 Å². The maximum Gasteiger partial charge on any atom is 0.229 e. The molecule has 1 aliphatic heterocycles. The molecule has 1 aliphatic rings. The molecule has 1 atom stereocenters. The summed E-state index contributed by atoms with van der Waals surface area (Å²) in [5, 5.41) is 6.92. The van der Waals surface area contributed by atoms with Crippen molar-refractivity contribution in [3.8, 4) is 5.88 Å². The highest BCUT2D eigenvalue weighted by Crippen LogP contribution is 2.33. The van der Waals surface area contributed by atoms with Crippen molar-refractivity contribution in [1.82, 2.24) is 20.2 Å². The van der Waals surface area contributed by atoms with Crippen LogP contribution in [0, 0.1) is 0 Å². The summed E-state index contributed by atoms with van der Waals surface area (Å²) in [7, 11) is 1.62. The second-order valence-electron chi connectivity index (χ2n) is 4.64. The fourth-order valence-corrected chi connectivity index (χ4v) is 2.55. The molecule has 0 bridgehead atoms. The predicted octanol–water partition coefficient (Wildman–Crippen LogP) is 1.94. The van der Waals surface area contributed by atoms with Gasteiger partial charge in [0.1, 0.15) is 0 Å². The molecular weight excluding hydrogens is 242 g/mol. The Balaban J connectivity index is 1.91. The Morgan fingerprint density at radius 3 is 3.16 bits per heavy atom. The Bertz CT molecular complexity index is 528. The quantitative estimate of drug-likeness (QED) is 0.912. The van der Waals surface area contributed by atoms with Crippen LogP contribution in [0.2, 0.25) is 0 Å². The molecule has 0 aromatic carbocycles. The van der Waals surface area contributed by atoms with E-state index in [4.69, 9.17) is 4.74 Å². The number of H-pyrrole nitrogens is 1. The van der Waals surface area contributed by atoms with E-state index in [1.165, 1.54) is 12.0 Å². The number of piperidine rings is 1. The molecule has 6 nitrogen and oxygen atoms in total. The standard InChI is InChI=1S/C13H17N5O/c1-19-12-5-6-14-13(17-12)18-7-3-2-4-11(18)10-8-15-16-9-10/h5-6,8-9,11H,2-4,7H2,1H3,(H,15,16). The minimum Gasteiger partial charge on any atom is -0.481 e. The summed E-state index contributed by atoms with van der Waals surface area (Å²) < 4.78 is 5.18. The van der Waals surface area contributed by atoms with E-state index in [2.05, 4.69) is 25.1 Å². The molecule has 1 unspecified atom stereocenters. The lowest BCUT2D eigenvalue weighted by Gasteiger charge is -2.35. The Kier molecular flexibility index (Phi) is 3.31. The molecule has 2 aromatic heterocycles. The maximum atomic E-state index is 5.18. The number of aromatic amines is 1. The molecule has 0 amide bonds. The van der Waals surface area contributed by atoms with Gasteiger partial charge in [-0.25, -0.2) is 4.98 Å². The Hall–Kier alpha value is -2.11. The number of methoxy groups -OCH3 is 1. The lowest BCUT2D eigenvalue weighted by Crippen LogP contribution is -2.34. The monoisotopic (exact) mass is 259 g/mol. The molecule has 1 N–H and O–H groups in total. The van der Waals surface area contributed by atoms with Crippen molar-refractivity contribution in [1.29, 1.82) is 0 Å². The molecule has 0 saturated carbocycles. The molecule has 2 aromatic rings. The van der Waals surface area contributed by atoms with Gasteiger partial charge in [0.25, 0.3) is 0 Å². The molecule has 0 spiro atoms. The van der Waals surface area contributed by atoms with Crippen LogP contribution in [0.3, 0.4) is 0 Å². The third-order valence-electron chi connectivity index (χ3n) is 3.49. The number of rotatable bonds is 3. The molecule has 0 radical (unpaired) electrons. The van der Waals surface area contributed by atoms with Gasteiger partial charge in [-0.15, -0.1) is 0 Å². The molecule has 0 aliphatic carbocycles. The second kappa shape index (κ2) is 5.26. The Labute approximate surface area is 111 Å². The fraction of sp³-hybridized carbons (Fsp3) is 0.462. The average molecular weight is 259 g/mol. The van der Waals surface area contributed by atoms with E-state index in [1.54, 1.807) is 19.4 Å². The van der Waals surface area contributed by atoms with Gasteiger partial charge >= 0.3 is 0 Å². The van der Waals surface area contributed by atoms with Crippen molar-refractivity contribution < 1.29 is 4.74 Å². The van der Waals surface area contributed by atoms with E-state index in [0.717, 1.165) is 25.3 Å². The minimum atomic E-state index is 0.291. The molecule has 19 heavy (non-hydrogen) atoms. The van der Waals surface area contributed by atoms with E-state index in [9.17, 15) is 0 Å². The van der Waals surface area contributed by atoms with E-state index >= 15 is 0 Å². The minimum absolute atomic E-state index is 0.291. The zero-order valence-electron chi connectivity index (χ0n) is 10.9. The molecule has 1 fully saturated rings. The number of hydrogen-bond donors (Lipinski definition) is 1. The SMILES string of the molecule is COc1ccnc(N2CCCCC2c2cn[nH]c2)n1. The first kappa shape index (κ1) is 12.0. The number of nitrogens with zero attached hydrogens (tertiary/aromatic N) is 4. The number of nitrogens with one attached hydrogen (secondary N) is 1. The van der Waals surface area contributed by atoms with Crippen molar-refractivity contribution in [2.75, 3.05) is 18.6 Å². The highest BCUT2D eigenvalue weighted by molar-refractivity contribution is 5.37. The van der Waals surface area contributed by atoms with Crippen molar-refractivity contribution in [3.05, 3.63) is 30.2 Å². The zero-order valence-corrected chi connectivity index (χ0v) is 10.9. The molecule has 3 rings (SSSR count). The lowest BCUT2D eigenvalue weighted by molar-refractivity contribution is 0.393. The van der Waals surface area contributed by atoms with Gasteiger partial charge in [0, 0.05) is 30.6 Å². The van der Waals surface area contributed by atoms with Gasteiger partial charge in [-0.1, -0.05) is 0 Å². The fourth-order valence-electron chi connectivity index (χ4n) is 2.55. The second-order valence-corrected chi connectivity index (χ2v) is 4.64. The Morgan fingerprint density at radius 1 is 1.42 bits per heavy atom. The summed E-state index contributed by atoms with van der Waals surface area (Å²) in [6.07, 6.45) is 9.04. The van der Waals surface area contributed by atoms with Gasteiger partial charge in [0.15, 0.2) is 0 Å². The number of hydrogen-bond acceptors (Lipinski definition) is 5.